The molecule has 1 aliphatic heterocycles. The fraction of sp³-hybridized carbons (Fsp3) is 0.818. The van der Waals surface area contributed by atoms with Crippen molar-refractivity contribution in [1.29, 1.82) is 0 Å². The number of ether oxygens (including phenoxy) is 1. The summed E-state index contributed by atoms with van der Waals surface area (Å²) in [4.78, 5) is 22.5. The molecule has 0 aliphatic carbocycles. The maximum absolute atomic E-state index is 11.3. The van der Waals surface area contributed by atoms with E-state index in [1.807, 2.05) is 0 Å². The minimum atomic E-state index is -0.185. The van der Waals surface area contributed by atoms with Crippen LogP contribution in [0.4, 0.5) is 0 Å². The van der Waals surface area contributed by atoms with Crippen LogP contribution in [0.25, 0.3) is 0 Å². The van der Waals surface area contributed by atoms with Crippen LogP contribution >= 0.6 is 0 Å². The summed E-state index contributed by atoms with van der Waals surface area (Å²) in [5, 5.41) is 2.83. The van der Waals surface area contributed by atoms with Crippen molar-refractivity contribution in [3.63, 3.8) is 0 Å². The Balaban J connectivity index is 2.48. The van der Waals surface area contributed by atoms with Gasteiger partial charge in [0.2, 0.25) is 5.91 Å². The summed E-state index contributed by atoms with van der Waals surface area (Å²) in [6.07, 6.45) is 1.82. The minimum Gasteiger partial charge on any atom is -0.466 e. The highest BCUT2D eigenvalue weighted by atomic mass is 16.5. The third kappa shape index (κ3) is 3.53. The summed E-state index contributed by atoms with van der Waals surface area (Å²) in [6, 6.07) is 0. The summed E-state index contributed by atoms with van der Waals surface area (Å²) in [7, 11) is 0. The molecule has 4 nitrogen and oxygen atoms in total. The number of nitrogens with one attached hydrogen (secondary N) is 1. The van der Waals surface area contributed by atoms with E-state index in [1.54, 1.807) is 6.92 Å². The average Bonchev–Trinajstić information content (AvgIpc) is 2.18. The maximum Gasteiger partial charge on any atom is 0.306 e. The van der Waals surface area contributed by atoms with Crippen LogP contribution in [0.3, 0.4) is 0 Å². The van der Waals surface area contributed by atoms with Gasteiger partial charge < -0.3 is 10.1 Å². The van der Waals surface area contributed by atoms with Gasteiger partial charge in [0.25, 0.3) is 0 Å². The smallest absolute Gasteiger partial charge is 0.306 e. The molecule has 2 atom stereocenters. The predicted molar refractivity (Wildman–Crippen MR) is 56.1 cm³/mol. The molecule has 0 aromatic carbocycles. The Morgan fingerprint density at radius 2 is 2.20 bits per heavy atom. The molecule has 0 saturated carbocycles. The van der Waals surface area contributed by atoms with Crippen LogP contribution in [-0.4, -0.2) is 25.0 Å². The Morgan fingerprint density at radius 1 is 1.47 bits per heavy atom. The number of hydrogen-bond acceptors (Lipinski definition) is 3. The quantitative estimate of drug-likeness (QED) is 0.711. The van der Waals surface area contributed by atoms with E-state index in [4.69, 9.17) is 4.74 Å². The first kappa shape index (κ1) is 12.0. The highest BCUT2D eigenvalue weighted by molar-refractivity contribution is 5.78. The lowest BCUT2D eigenvalue weighted by atomic mass is 9.82. The number of esters is 1. The van der Waals surface area contributed by atoms with Crippen molar-refractivity contribution in [1.82, 2.24) is 5.32 Å². The Bertz CT molecular complexity index is 240. The van der Waals surface area contributed by atoms with Gasteiger partial charge in [-0.1, -0.05) is 13.3 Å². The number of carbonyl (C=O) groups excluding carboxylic acids is 2. The lowest BCUT2D eigenvalue weighted by Crippen LogP contribution is -2.41. The molecule has 1 N–H and O–H groups in total. The standard InChI is InChI=1S/C11H19NO3/c1-3-8-7-12-10(13)5-9(8)6-11(14)15-4-2/h8-9H,3-7H2,1-2H3,(H,12,13)/t8-,9-/m0/s1. The van der Waals surface area contributed by atoms with Gasteiger partial charge in [-0.3, -0.25) is 9.59 Å². The van der Waals surface area contributed by atoms with E-state index >= 15 is 0 Å². The molecule has 0 spiro atoms. The first-order valence-electron chi connectivity index (χ1n) is 5.59. The van der Waals surface area contributed by atoms with Gasteiger partial charge in [-0.2, -0.15) is 0 Å². The molecule has 15 heavy (non-hydrogen) atoms. The van der Waals surface area contributed by atoms with Crippen LogP contribution < -0.4 is 5.32 Å². The van der Waals surface area contributed by atoms with E-state index < -0.39 is 0 Å². The summed E-state index contributed by atoms with van der Waals surface area (Å²) < 4.78 is 4.90. The van der Waals surface area contributed by atoms with Crippen molar-refractivity contribution >= 4 is 11.9 Å². The van der Waals surface area contributed by atoms with Crippen LogP contribution in [0.1, 0.15) is 33.1 Å². The van der Waals surface area contributed by atoms with Crippen molar-refractivity contribution in [2.45, 2.75) is 33.1 Å². The van der Waals surface area contributed by atoms with Gasteiger partial charge in [-0.05, 0) is 18.8 Å². The molecule has 1 rings (SSSR count). The maximum atomic E-state index is 11.3. The van der Waals surface area contributed by atoms with E-state index in [0.717, 1.165) is 6.42 Å². The molecule has 4 heteroatoms. The fourth-order valence-corrected chi connectivity index (χ4v) is 2.04. The van der Waals surface area contributed by atoms with Crippen LogP contribution in [0.15, 0.2) is 0 Å². The summed E-state index contributed by atoms with van der Waals surface area (Å²) in [5.41, 5.74) is 0. The van der Waals surface area contributed by atoms with Gasteiger partial charge in [0, 0.05) is 19.4 Å². The molecular weight excluding hydrogens is 194 g/mol. The van der Waals surface area contributed by atoms with Gasteiger partial charge in [0.15, 0.2) is 0 Å². The molecule has 1 saturated heterocycles. The number of carbonyl (C=O) groups is 2. The first-order valence-corrected chi connectivity index (χ1v) is 5.59. The molecule has 0 unspecified atom stereocenters. The summed E-state index contributed by atoms with van der Waals surface area (Å²) in [5.74, 6) is 0.430. The van der Waals surface area contributed by atoms with Crippen LogP contribution in [0, 0.1) is 11.8 Å². The van der Waals surface area contributed by atoms with Crippen molar-refractivity contribution in [3.05, 3.63) is 0 Å². The molecule has 0 radical (unpaired) electrons. The molecule has 0 aromatic rings. The minimum absolute atomic E-state index is 0.0500. The van der Waals surface area contributed by atoms with Crippen LogP contribution in [0.5, 0.6) is 0 Å². The van der Waals surface area contributed by atoms with E-state index in [9.17, 15) is 9.59 Å². The van der Waals surface area contributed by atoms with Gasteiger partial charge in [-0.15, -0.1) is 0 Å². The molecule has 1 amide bonds. The zero-order valence-electron chi connectivity index (χ0n) is 9.41. The van der Waals surface area contributed by atoms with Crippen LogP contribution in [0.2, 0.25) is 0 Å². The SMILES string of the molecule is CCOC(=O)C[C@@H]1CC(=O)NC[C@@H]1CC. The molecule has 1 heterocycles. The average molecular weight is 213 g/mol. The molecular formula is C11H19NO3. The number of rotatable bonds is 4. The third-order valence-corrected chi connectivity index (χ3v) is 2.93. The molecule has 86 valence electrons. The highest BCUT2D eigenvalue weighted by Crippen LogP contribution is 2.26. The van der Waals surface area contributed by atoms with Gasteiger partial charge >= 0.3 is 5.97 Å². The fourth-order valence-electron chi connectivity index (χ4n) is 2.04. The zero-order chi connectivity index (χ0) is 11.3. The predicted octanol–water partition coefficient (Wildman–Crippen LogP) is 1.10. The Hall–Kier alpha value is -1.06. The monoisotopic (exact) mass is 213 g/mol. The zero-order valence-corrected chi connectivity index (χ0v) is 9.41. The normalized spacial score (nSPS) is 25.9. The second-order valence-electron chi connectivity index (χ2n) is 3.95. The third-order valence-electron chi connectivity index (χ3n) is 2.93. The van der Waals surface area contributed by atoms with Crippen molar-refractivity contribution < 1.29 is 14.3 Å². The van der Waals surface area contributed by atoms with Crippen molar-refractivity contribution in [2.75, 3.05) is 13.2 Å². The molecule has 1 fully saturated rings. The number of amides is 1. The van der Waals surface area contributed by atoms with E-state index in [1.165, 1.54) is 0 Å². The van der Waals surface area contributed by atoms with E-state index in [2.05, 4.69) is 12.2 Å². The first-order chi connectivity index (χ1) is 7.17. The highest BCUT2D eigenvalue weighted by Gasteiger charge is 2.29. The van der Waals surface area contributed by atoms with Gasteiger partial charge in [0.05, 0.1) is 6.61 Å². The summed E-state index contributed by atoms with van der Waals surface area (Å²) in [6.45, 7) is 4.98. The van der Waals surface area contributed by atoms with E-state index in [0.29, 0.717) is 31.9 Å². The largest absolute Gasteiger partial charge is 0.466 e. The number of hydrogen-bond donors (Lipinski definition) is 1. The second kappa shape index (κ2) is 5.73. The summed E-state index contributed by atoms with van der Waals surface area (Å²) >= 11 is 0. The number of piperidine rings is 1. The molecule has 0 aromatic heterocycles. The van der Waals surface area contributed by atoms with Gasteiger partial charge in [0.1, 0.15) is 0 Å². The van der Waals surface area contributed by atoms with Crippen molar-refractivity contribution in [3.8, 4) is 0 Å². The Morgan fingerprint density at radius 3 is 2.80 bits per heavy atom. The Labute approximate surface area is 90.4 Å². The molecule has 1 aliphatic rings. The van der Waals surface area contributed by atoms with E-state index in [-0.39, 0.29) is 17.8 Å². The van der Waals surface area contributed by atoms with Crippen LogP contribution in [-0.2, 0) is 14.3 Å². The lowest BCUT2D eigenvalue weighted by molar-refractivity contribution is -0.145. The van der Waals surface area contributed by atoms with Gasteiger partial charge in [-0.25, -0.2) is 0 Å². The lowest BCUT2D eigenvalue weighted by Gasteiger charge is -2.30. The van der Waals surface area contributed by atoms with Crippen molar-refractivity contribution in [2.24, 2.45) is 11.8 Å². The molecule has 0 bridgehead atoms. The topological polar surface area (TPSA) is 55.4 Å². The second-order valence-corrected chi connectivity index (χ2v) is 3.95. The Kier molecular flexibility index (Phi) is 4.59.